The Kier molecular flexibility index (Phi) is 4.10. The first-order valence-corrected chi connectivity index (χ1v) is 10.6. The lowest BCUT2D eigenvalue weighted by Crippen LogP contribution is -2.64. The molecular formula is C20H23Cl2N3O2. The molecule has 1 aromatic rings. The van der Waals surface area contributed by atoms with Gasteiger partial charge in [0.15, 0.2) is 6.17 Å². The van der Waals surface area contributed by atoms with Crippen molar-refractivity contribution in [3.8, 4) is 0 Å². The molecule has 1 aromatic carbocycles. The lowest BCUT2D eigenvalue weighted by atomic mass is 9.52. The van der Waals surface area contributed by atoms with Gasteiger partial charge < -0.3 is 0 Å². The normalized spacial score (nSPS) is 37.2. The largest absolute Gasteiger partial charge is 0.338 e. The number of benzene rings is 1. The molecule has 1 heterocycles. The molecule has 6 rings (SSSR count). The molecule has 1 saturated heterocycles. The van der Waals surface area contributed by atoms with E-state index in [0.29, 0.717) is 23.3 Å². The number of carbonyl (C=O) groups excluding carboxylic acids is 2. The number of rotatable bonds is 3. The Hall–Kier alpha value is -1.46. The highest BCUT2D eigenvalue weighted by Crippen LogP contribution is 2.59. The van der Waals surface area contributed by atoms with Crippen molar-refractivity contribution >= 4 is 35.1 Å². The van der Waals surface area contributed by atoms with Gasteiger partial charge in [-0.3, -0.25) is 9.69 Å². The predicted octanol–water partition coefficient (Wildman–Crippen LogP) is 4.17. The van der Waals surface area contributed by atoms with E-state index in [1.165, 1.54) is 24.3 Å². The lowest BCUT2D eigenvalue weighted by molar-refractivity contribution is -0.0847. The molecule has 5 nitrogen and oxygen atoms in total. The number of halogens is 2. The molecule has 5 fully saturated rings. The lowest BCUT2D eigenvalue weighted by Gasteiger charge is -2.60. The van der Waals surface area contributed by atoms with Crippen molar-refractivity contribution in [1.82, 2.24) is 15.3 Å². The Morgan fingerprint density at radius 2 is 1.59 bits per heavy atom. The molecule has 4 aliphatic carbocycles. The molecule has 3 amide bonds. The van der Waals surface area contributed by atoms with Crippen molar-refractivity contribution < 1.29 is 9.59 Å². The first-order valence-electron chi connectivity index (χ1n) is 9.73. The average molecular weight is 408 g/mol. The van der Waals surface area contributed by atoms with Crippen LogP contribution in [0.4, 0.5) is 4.79 Å². The van der Waals surface area contributed by atoms with Gasteiger partial charge in [0, 0.05) is 11.1 Å². The Bertz CT molecular complexity index is 734. The molecule has 0 spiro atoms. The highest BCUT2D eigenvalue weighted by molar-refractivity contribution is 6.45. The molecule has 5 aliphatic rings. The van der Waals surface area contributed by atoms with E-state index in [2.05, 4.69) is 5.43 Å². The second-order valence-corrected chi connectivity index (χ2v) is 9.88. The third kappa shape index (κ3) is 2.73. The van der Waals surface area contributed by atoms with Crippen LogP contribution in [0, 0.1) is 17.8 Å². The van der Waals surface area contributed by atoms with E-state index in [1.807, 2.05) is 11.0 Å². The summed E-state index contributed by atoms with van der Waals surface area (Å²) in [4.78, 5) is 27.0. The van der Waals surface area contributed by atoms with Crippen LogP contribution in [0.2, 0.25) is 0 Å². The molecule has 1 N–H and O–H groups in total. The Labute approximate surface area is 168 Å². The summed E-state index contributed by atoms with van der Waals surface area (Å²) in [6.45, 7) is 0. The van der Waals surface area contributed by atoms with Crippen LogP contribution in [-0.4, -0.2) is 38.4 Å². The van der Waals surface area contributed by atoms with Gasteiger partial charge in [0.2, 0.25) is 0 Å². The predicted molar refractivity (Wildman–Crippen MR) is 103 cm³/mol. The minimum atomic E-state index is -0.885. The van der Waals surface area contributed by atoms with Gasteiger partial charge in [-0.05, 0) is 68.4 Å². The first kappa shape index (κ1) is 17.6. The molecule has 4 bridgehead atoms. The van der Waals surface area contributed by atoms with E-state index in [1.54, 1.807) is 24.3 Å². The number of hydrogen-bond acceptors (Lipinski definition) is 2. The van der Waals surface area contributed by atoms with Gasteiger partial charge in [0.05, 0.1) is 0 Å². The molecular weight excluding hydrogens is 385 g/mol. The highest BCUT2D eigenvalue weighted by atomic mass is 35.5. The van der Waals surface area contributed by atoms with Gasteiger partial charge >= 0.3 is 6.03 Å². The second-order valence-electron chi connectivity index (χ2n) is 8.72. The molecule has 144 valence electrons. The topological polar surface area (TPSA) is 52.7 Å². The maximum Gasteiger partial charge on any atom is 0.338 e. The van der Waals surface area contributed by atoms with Crippen LogP contribution in [-0.2, 0) is 0 Å². The third-order valence-electron chi connectivity index (χ3n) is 6.95. The number of nitrogens with one attached hydrogen (secondary N) is 1. The fourth-order valence-corrected chi connectivity index (χ4v) is 6.88. The fraction of sp³-hybridized carbons (Fsp3) is 0.600. The average Bonchev–Trinajstić information content (AvgIpc) is 2.99. The number of urea groups is 1. The smallest absolute Gasteiger partial charge is 0.293 e. The van der Waals surface area contributed by atoms with Gasteiger partial charge in [-0.1, -0.05) is 18.2 Å². The number of nitrogens with zero attached hydrogens (tertiary/aromatic N) is 2. The molecule has 1 aliphatic heterocycles. The van der Waals surface area contributed by atoms with E-state index in [9.17, 15) is 9.59 Å². The van der Waals surface area contributed by atoms with E-state index in [0.717, 1.165) is 19.3 Å². The fourth-order valence-electron chi connectivity index (χ4n) is 6.43. The van der Waals surface area contributed by atoms with Crippen molar-refractivity contribution in [2.24, 2.45) is 17.8 Å². The van der Waals surface area contributed by atoms with Crippen LogP contribution < -0.4 is 5.43 Å². The maximum absolute atomic E-state index is 13.1. The van der Waals surface area contributed by atoms with Crippen LogP contribution in [0.1, 0.15) is 48.9 Å². The zero-order valence-corrected chi connectivity index (χ0v) is 16.5. The number of hydrazine groups is 1. The molecule has 0 aromatic heterocycles. The Morgan fingerprint density at radius 3 is 2.11 bits per heavy atom. The number of carbonyl (C=O) groups is 2. The number of hydrogen-bond donors (Lipinski definition) is 1. The summed E-state index contributed by atoms with van der Waals surface area (Å²) in [7, 11) is 0. The van der Waals surface area contributed by atoms with E-state index < -0.39 is 11.0 Å². The zero-order valence-electron chi connectivity index (χ0n) is 15.0. The van der Waals surface area contributed by atoms with Crippen LogP contribution >= 0.6 is 23.2 Å². The standard InChI is InChI=1S/C20H23Cl2N3O2/c21-16(22)17-24(20-9-12-6-13(10-20)8-14(7-12)11-20)19(27)23-25(17)18(26)15-4-2-1-3-5-15/h1-5,12-14,16-17H,6-11H2,(H,23,27)/t12?,13?,14?,17-,20?/m0/s1. The molecule has 27 heavy (non-hydrogen) atoms. The van der Waals surface area contributed by atoms with Gasteiger partial charge in [-0.25, -0.2) is 15.2 Å². The zero-order chi connectivity index (χ0) is 18.8. The quantitative estimate of drug-likeness (QED) is 0.764. The first-order chi connectivity index (χ1) is 13.0. The van der Waals surface area contributed by atoms with E-state index in [4.69, 9.17) is 23.2 Å². The summed E-state index contributed by atoms with van der Waals surface area (Å²) in [5.74, 6) is 1.74. The summed E-state index contributed by atoms with van der Waals surface area (Å²) in [6.07, 6.45) is 6.13. The third-order valence-corrected chi connectivity index (χ3v) is 7.40. The van der Waals surface area contributed by atoms with Gasteiger partial charge in [0.25, 0.3) is 5.91 Å². The van der Waals surface area contributed by atoms with Crippen molar-refractivity contribution in [3.63, 3.8) is 0 Å². The number of amides is 3. The van der Waals surface area contributed by atoms with Crippen molar-refractivity contribution in [3.05, 3.63) is 35.9 Å². The molecule has 4 saturated carbocycles. The van der Waals surface area contributed by atoms with Crippen LogP contribution in [0.15, 0.2) is 30.3 Å². The van der Waals surface area contributed by atoms with E-state index in [-0.39, 0.29) is 17.5 Å². The van der Waals surface area contributed by atoms with Gasteiger partial charge in [-0.2, -0.15) is 0 Å². The molecule has 0 unspecified atom stereocenters. The molecule has 1 atom stereocenters. The van der Waals surface area contributed by atoms with Crippen LogP contribution in [0.3, 0.4) is 0 Å². The molecule has 0 radical (unpaired) electrons. The Balaban J connectivity index is 1.50. The monoisotopic (exact) mass is 407 g/mol. The summed E-state index contributed by atoms with van der Waals surface area (Å²) in [6, 6.07) is 8.67. The second kappa shape index (κ2) is 6.28. The van der Waals surface area contributed by atoms with Gasteiger partial charge in [0.1, 0.15) is 4.84 Å². The highest BCUT2D eigenvalue weighted by Gasteiger charge is 2.60. The van der Waals surface area contributed by atoms with Crippen molar-refractivity contribution in [1.29, 1.82) is 0 Å². The SMILES string of the molecule is O=C(c1ccccc1)N1NC(=O)N(C23CC4CC(CC(C4)C2)C3)[C@@H]1C(Cl)Cl. The summed E-state index contributed by atoms with van der Waals surface area (Å²) in [5, 5.41) is 1.33. The summed E-state index contributed by atoms with van der Waals surface area (Å²) in [5.41, 5.74) is 3.04. The Morgan fingerprint density at radius 1 is 1.04 bits per heavy atom. The van der Waals surface area contributed by atoms with Crippen LogP contribution in [0.5, 0.6) is 0 Å². The summed E-state index contributed by atoms with van der Waals surface area (Å²) >= 11 is 12.7. The maximum atomic E-state index is 13.1. The minimum Gasteiger partial charge on any atom is -0.293 e. The van der Waals surface area contributed by atoms with E-state index >= 15 is 0 Å². The van der Waals surface area contributed by atoms with Crippen molar-refractivity contribution in [2.45, 2.75) is 55.1 Å². The van der Waals surface area contributed by atoms with Crippen LogP contribution in [0.25, 0.3) is 0 Å². The van der Waals surface area contributed by atoms with Gasteiger partial charge in [-0.15, -0.1) is 23.2 Å². The number of alkyl halides is 2. The minimum absolute atomic E-state index is 0.225. The molecule has 7 heteroatoms. The van der Waals surface area contributed by atoms with Crippen molar-refractivity contribution in [2.75, 3.05) is 0 Å². The summed E-state index contributed by atoms with van der Waals surface area (Å²) < 4.78 is 0.